The standard InChI is InChI=1S/C26H33O.C18H17.2CH3.2ClH.H2Si.Zr/c1-20-19-22-15-12-17-24(21-13-8-7-9-14-21)25(22)23(20)16-10-5-6-11-18-27-26(2,3)4;1-13(2)16-11-15-9-6-10-17(18(15)12-16)14-7-4-3-5-8-14;;;;;;/h7-9,12-15,17,19H,5-6,10-11,16,18H2,1-4H3;3-13H,1-2H3;2*1H3;2*1H;1H2;. The first-order valence-corrected chi connectivity index (χ1v) is 32.4. The van der Waals surface area contributed by atoms with E-state index in [0.29, 0.717) is 13.2 Å². The second-order valence-electron chi connectivity index (χ2n) is 17.2. The average Bonchev–Trinajstić information content (AvgIpc) is 3.61. The second-order valence-corrected chi connectivity index (χ2v) is 47.7. The molecule has 0 saturated carbocycles. The molecular formula is C46H60Cl2OSiZr. The van der Waals surface area contributed by atoms with Crippen LogP contribution in [0.5, 0.6) is 0 Å². The maximum atomic E-state index is 6.03. The molecule has 0 spiro atoms. The van der Waals surface area contributed by atoms with Crippen LogP contribution in [-0.2, 0) is 22.1 Å². The predicted molar refractivity (Wildman–Crippen MR) is 228 cm³/mol. The van der Waals surface area contributed by atoms with Crippen molar-refractivity contribution >= 4 is 43.3 Å². The number of unbranched alkanes of at least 4 members (excludes halogenated alkanes) is 3. The summed E-state index contributed by atoms with van der Waals surface area (Å²) in [5, 5.41) is 0. The summed E-state index contributed by atoms with van der Waals surface area (Å²) in [5.41, 5.74) is 16.6. The summed E-state index contributed by atoms with van der Waals surface area (Å²) in [4.78, 5) is 0. The van der Waals surface area contributed by atoms with Crippen LogP contribution in [-0.4, -0.2) is 19.1 Å². The smallest absolute Gasteiger partial charge is 0.147 e. The second kappa shape index (κ2) is 16.6. The number of hydrogen-bond donors (Lipinski definition) is 0. The van der Waals surface area contributed by atoms with Crippen molar-refractivity contribution in [3.8, 4) is 22.3 Å². The Kier molecular flexibility index (Phi) is 13.6. The van der Waals surface area contributed by atoms with Gasteiger partial charge in [-0.05, 0) is 0 Å². The minimum Gasteiger partial charge on any atom is -0.147 e. The Morgan fingerprint density at radius 1 is 0.686 bits per heavy atom. The Labute approximate surface area is 324 Å². The van der Waals surface area contributed by atoms with Gasteiger partial charge in [0.15, 0.2) is 0 Å². The first-order chi connectivity index (χ1) is 23.3. The molecule has 1 nitrogen and oxygen atoms in total. The minimum atomic E-state index is -3.76. The van der Waals surface area contributed by atoms with E-state index in [1.807, 2.05) is 0 Å². The summed E-state index contributed by atoms with van der Waals surface area (Å²) in [6.45, 7) is 17.2. The Balaban J connectivity index is 0.00000292. The summed E-state index contributed by atoms with van der Waals surface area (Å²) in [6, 6.07) is 36.6. The molecule has 0 aliphatic heterocycles. The van der Waals surface area contributed by atoms with E-state index in [0.717, 1.165) is 19.4 Å². The molecule has 4 aromatic carbocycles. The summed E-state index contributed by atoms with van der Waals surface area (Å²) >= 11 is -3.76. The van der Waals surface area contributed by atoms with Gasteiger partial charge in [-0.3, -0.25) is 0 Å². The van der Waals surface area contributed by atoms with Gasteiger partial charge in [-0.25, -0.2) is 0 Å². The summed E-state index contributed by atoms with van der Waals surface area (Å²) < 4.78 is 12.6. The van der Waals surface area contributed by atoms with Gasteiger partial charge in [0.1, 0.15) is 0 Å². The molecule has 0 radical (unpaired) electrons. The summed E-state index contributed by atoms with van der Waals surface area (Å²) in [5.74, 6) is 0.501. The van der Waals surface area contributed by atoms with Crippen molar-refractivity contribution in [1.82, 2.24) is 0 Å². The zero-order valence-electron chi connectivity index (χ0n) is 32.2. The third kappa shape index (κ3) is 8.55. The van der Waals surface area contributed by atoms with Crippen LogP contribution in [0.25, 0.3) is 33.9 Å². The molecule has 0 fully saturated rings. The van der Waals surface area contributed by atoms with Crippen LogP contribution in [0.3, 0.4) is 0 Å². The van der Waals surface area contributed by atoms with Crippen molar-refractivity contribution in [2.24, 2.45) is 5.92 Å². The molecule has 0 amide bonds. The quantitative estimate of drug-likeness (QED) is 0.102. The molecule has 6 rings (SSSR count). The van der Waals surface area contributed by atoms with Gasteiger partial charge < -0.3 is 0 Å². The zero-order valence-corrected chi connectivity index (χ0v) is 37.7. The Morgan fingerprint density at radius 3 is 1.82 bits per heavy atom. The van der Waals surface area contributed by atoms with Gasteiger partial charge in [0.2, 0.25) is 0 Å². The zero-order chi connectivity index (χ0) is 35.0. The fraction of sp³-hybridized carbons (Fsp3) is 0.391. The van der Waals surface area contributed by atoms with Gasteiger partial charge in [0.05, 0.1) is 0 Å². The molecule has 2 atom stereocenters. The first kappa shape index (κ1) is 41.8. The molecule has 0 heterocycles. The Bertz CT molecular complexity index is 1950. The van der Waals surface area contributed by atoms with Crippen molar-refractivity contribution in [2.75, 3.05) is 6.61 Å². The van der Waals surface area contributed by atoms with E-state index in [4.69, 9.17) is 4.74 Å². The van der Waals surface area contributed by atoms with Crippen molar-refractivity contribution in [3.63, 3.8) is 0 Å². The number of allylic oxidation sites excluding steroid dienone is 3. The molecule has 2 unspecified atom stereocenters. The summed E-state index contributed by atoms with van der Waals surface area (Å²) in [7, 11) is 0. The fourth-order valence-electron chi connectivity index (χ4n) is 9.31. The van der Waals surface area contributed by atoms with Gasteiger partial charge in [-0.15, -0.1) is 24.8 Å². The van der Waals surface area contributed by atoms with E-state index >= 15 is 0 Å². The van der Waals surface area contributed by atoms with Crippen LogP contribution in [0.4, 0.5) is 0 Å². The number of halogens is 2. The van der Waals surface area contributed by atoms with E-state index in [1.54, 1.807) is 33.4 Å². The number of fused-ring (bicyclic) bond motifs is 2. The third-order valence-electron chi connectivity index (χ3n) is 11.3. The van der Waals surface area contributed by atoms with Crippen molar-refractivity contribution in [2.45, 2.75) is 95.8 Å². The van der Waals surface area contributed by atoms with Crippen LogP contribution in [0.15, 0.2) is 108 Å². The Morgan fingerprint density at radius 2 is 1.24 bits per heavy atom. The molecule has 5 heteroatoms. The van der Waals surface area contributed by atoms with E-state index in [2.05, 4.69) is 161 Å². The van der Waals surface area contributed by atoms with E-state index in [9.17, 15) is 0 Å². The first-order valence-electron chi connectivity index (χ1n) is 18.8. The van der Waals surface area contributed by atoms with Gasteiger partial charge >= 0.3 is 302 Å². The topological polar surface area (TPSA) is 9.23 Å². The van der Waals surface area contributed by atoms with Gasteiger partial charge in [0, 0.05) is 0 Å². The van der Waals surface area contributed by atoms with Crippen LogP contribution >= 0.6 is 24.8 Å². The largest absolute Gasteiger partial charge is 0.147 e. The molecule has 0 saturated heterocycles. The van der Waals surface area contributed by atoms with Crippen LogP contribution in [0.2, 0.25) is 9.26 Å². The molecular weight excluding hydrogens is 759 g/mol. The molecule has 272 valence electrons. The van der Waals surface area contributed by atoms with E-state index in [-0.39, 0.29) is 30.4 Å². The molecule has 0 aromatic heterocycles. The van der Waals surface area contributed by atoms with E-state index < -0.39 is 17.4 Å². The summed E-state index contributed by atoms with van der Waals surface area (Å²) in [6.07, 6.45) is 8.61. The van der Waals surface area contributed by atoms with Gasteiger partial charge in [-0.1, -0.05) is 0 Å². The molecule has 0 bridgehead atoms. The van der Waals surface area contributed by atoms with E-state index in [1.165, 1.54) is 47.1 Å². The monoisotopic (exact) mass is 816 g/mol. The van der Waals surface area contributed by atoms with Crippen molar-refractivity contribution in [3.05, 3.63) is 130 Å². The maximum Gasteiger partial charge on any atom is -0.147 e. The average molecular weight is 819 g/mol. The minimum absolute atomic E-state index is 0. The van der Waals surface area contributed by atoms with Gasteiger partial charge in [-0.2, -0.15) is 0 Å². The van der Waals surface area contributed by atoms with Crippen LogP contribution < -0.4 is 0 Å². The maximum absolute atomic E-state index is 6.03. The van der Waals surface area contributed by atoms with Gasteiger partial charge in [0.25, 0.3) is 0 Å². The number of benzene rings is 4. The number of rotatable bonds is 12. The fourth-order valence-corrected chi connectivity index (χ4v) is 29.8. The molecule has 51 heavy (non-hydrogen) atoms. The number of ether oxygens (including phenoxy) is 1. The molecule has 4 aromatic rings. The number of hydrogen-bond acceptors (Lipinski definition) is 1. The van der Waals surface area contributed by atoms with Crippen molar-refractivity contribution in [1.29, 1.82) is 0 Å². The van der Waals surface area contributed by atoms with Crippen LogP contribution in [0.1, 0.15) is 103 Å². The SMILES string of the molecule is CC1=C(CCCCCCOC(C)(C)C)c2c(-c3ccccc3)cccc2[CH]1[Zr]([CH3])([CH3])(=[SiH2])[CH]1C(C(C)C)=Cc2c(-c3ccccc3)cccc21.Cl.Cl. The molecule has 2 aliphatic rings. The van der Waals surface area contributed by atoms with Crippen molar-refractivity contribution < 1.29 is 22.1 Å². The predicted octanol–water partition coefficient (Wildman–Crippen LogP) is 13.6. The van der Waals surface area contributed by atoms with Crippen LogP contribution in [0, 0.1) is 5.92 Å². The normalized spacial score (nSPS) is 17.1. The third-order valence-corrected chi connectivity index (χ3v) is 28.9. The molecule has 2 aliphatic carbocycles. The Hall–Kier alpha value is -2.00. The molecule has 0 N–H and O–H groups in total.